The van der Waals surface area contributed by atoms with Crippen molar-refractivity contribution < 1.29 is 0 Å². The molecule has 3 heteroatoms. The molecule has 0 radical (unpaired) electrons. The van der Waals surface area contributed by atoms with Gasteiger partial charge in [-0.2, -0.15) is 5.26 Å². The Morgan fingerprint density at radius 3 is 3.46 bits per heavy atom. The monoisotopic (exact) mass is 173 g/mol. The molecule has 1 atom stereocenters. The summed E-state index contributed by atoms with van der Waals surface area (Å²) in [4.78, 5) is 4.31. The van der Waals surface area contributed by atoms with E-state index in [1.165, 1.54) is 5.56 Å². The van der Waals surface area contributed by atoms with Crippen molar-refractivity contribution in [1.82, 2.24) is 10.3 Å². The summed E-state index contributed by atoms with van der Waals surface area (Å²) in [6.07, 6.45) is 3.31. The van der Waals surface area contributed by atoms with Crippen molar-refractivity contribution in [3.63, 3.8) is 0 Å². The van der Waals surface area contributed by atoms with E-state index < -0.39 is 0 Å². The van der Waals surface area contributed by atoms with Crippen LogP contribution in [0.2, 0.25) is 0 Å². The SMILES string of the molecule is N#CCC1NCCc2cccnc21. The van der Waals surface area contributed by atoms with Crippen molar-refractivity contribution in [2.24, 2.45) is 0 Å². The Labute approximate surface area is 77.4 Å². The molecular weight excluding hydrogens is 162 g/mol. The largest absolute Gasteiger partial charge is 0.307 e. The van der Waals surface area contributed by atoms with Gasteiger partial charge < -0.3 is 5.32 Å². The minimum Gasteiger partial charge on any atom is -0.307 e. The van der Waals surface area contributed by atoms with E-state index in [1.54, 1.807) is 6.20 Å². The number of fused-ring (bicyclic) bond motifs is 1. The number of nitrogens with zero attached hydrogens (tertiary/aromatic N) is 2. The topological polar surface area (TPSA) is 48.7 Å². The van der Waals surface area contributed by atoms with Crippen molar-refractivity contribution in [2.75, 3.05) is 6.54 Å². The number of rotatable bonds is 1. The Hall–Kier alpha value is -1.40. The molecule has 1 unspecified atom stereocenters. The summed E-state index contributed by atoms with van der Waals surface area (Å²) >= 11 is 0. The third kappa shape index (κ3) is 1.53. The first kappa shape index (κ1) is 8.21. The molecule has 1 aliphatic rings. The number of nitrogens with one attached hydrogen (secondary N) is 1. The predicted octanol–water partition coefficient (Wildman–Crippen LogP) is 1.18. The Morgan fingerprint density at radius 1 is 1.69 bits per heavy atom. The lowest BCUT2D eigenvalue weighted by Gasteiger charge is -2.23. The van der Waals surface area contributed by atoms with E-state index in [0.29, 0.717) is 6.42 Å². The van der Waals surface area contributed by atoms with E-state index in [2.05, 4.69) is 22.4 Å². The van der Waals surface area contributed by atoms with Crippen molar-refractivity contribution in [1.29, 1.82) is 5.26 Å². The van der Waals surface area contributed by atoms with Crippen LogP contribution < -0.4 is 5.32 Å². The molecule has 0 fully saturated rings. The van der Waals surface area contributed by atoms with Gasteiger partial charge in [-0.25, -0.2) is 0 Å². The van der Waals surface area contributed by atoms with E-state index in [0.717, 1.165) is 18.7 Å². The third-order valence-electron chi connectivity index (χ3n) is 2.34. The van der Waals surface area contributed by atoms with Gasteiger partial charge in [0, 0.05) is 6.20 Å². The fourth-order valence-electron chi connectivity index (χ4n) is 1.71. The smallest absolute Gasteiger partial charge is 0.0642 e. The highest BCUT2D eigenvalue weighted by Gasteiger charge is 2.19. The third-order valence-corrected chi connectivity index (χ3v) is 2.34. The lowest BCUT2D eigenvalue weighted by Crippen LogP contribution is -2.30. The fourth-order valence-corrected chi connectivity index (χ4v) is 1.71. The Kier molecular flexibility index (Phi) is 2.24. The molecule has 2 heterocycles. The Balaban J connectivity index is 2.32. The zero-order valence-corrected chi connectivity index (χ0v) is 7.33. The summed E-state index contributed by atoms with van der Waals surface area (Å²) < 4.78 is 0. The van der Waals surface area contributed by atoms with Gasteiger partial charge in [0.05, 0.1) is 24.2 Å². The first-order valence-electron chi connectivity index (χ1n) is 4.46. The van der Waals surface area contributed by atoms with Crippen molar-refractivity contribution >= 4 is 0 Å². The summed E-state index contributed by atoms with van der Waals surface area (Å²) in [6, 6.07) is 6.35. The molecule has 2 rings (SSSR count). The maximum atomic E-state index is 8.63. The first-order chi connectivity index (χ1) is 6.42. The van der Waals surface area contributed by atoms with Crippen LogP contribution in [-0.2, 0) is 6.42 Å². The molecule has 1 N–H and O–H groups in total. The lowest BCUT2D eigenvalue weighted by molar-refractivity contribution is 0.499. The van der Waals surface area contributed by atoms with Crippen molar-refractivity contribution in [3.05, 3.63) is 29.6 Å². The molecule has 13 heavy (non-hydrogen) atoms. The van der Waals surface area contributed by atoms with Gasteiger partial charge in [0.1, 0.15) is 0 Å². The molecule has 0 aliphatic carbocycles. The van der Waals surface area contributed by atoms with Crippen LogP contribution in [0.15, 0.2) is 18.3 Å². The van der Waals surface area contributed by atoms with Crippen LogP contribution >= 0.6 is 0 Å². The minimum atomic E-state index is 0.134. The summed E-state index contributed by atoms with van der Waals surface area (Å²) in [6.45, 7) is 0.949. The average Bonchev–Trinajstić information content (AvgIpc) is 2.19. The summed E-state index contributed by atoms with van der Waals surface area (Å²) in [5.41, 5.74) is 2.33. The first-order valence-corrected chi connectivity index (χ1v) is 4.46. The zero-order valence-electron chi connectivity index (χ0n) is 7.33. The molecule has 0 spiro atoms. The highest BCUT2D eigenvalue weighted by atomic mass is 15.0. The second-order valence-corrected chi connectivity index (χ2v) is 3.17. The predicted molar refractivity (Wildman–Crippen MR) is 48.9 cm³/mol. The standard InChI is InChI=1S/C10H11N3/c11-5-3-9-10-8(4-7-12-9)2-1-6-13-10/h1-2,6,9,12H,3-4,7H2. The molecule has 1 aromatic heterocycles. The summed E-state index contributed by atoms with van der Waals surface area (Å²) in [7, 11) is 0. The van der Waals surface area contributed by atoms with Crippen LogP contribution in [0.1, 0.15) is 23.7 Å². The van der Waals surface area contributed by atoms with E-state index in [-0.39, 0.29) is 6.04 Å². The van der Waals surface area contributed by atoms with Gasteiger partial charge in [0.15, 0.2) is 0 Å². The normalized spacial score (nSPS) is 20.4. The number of nitriles is 1. The Morgan fingerprint density at radius 2 is 2.62 bits per heavy atom. The van der Waals surface area contributed by atoms with Crippen LogP contribution in [0.4, 0.5) is 0 Å². The van der Waals surface area contributed by atoms with Crippen LogP contribution in [0, 0.1) is 11.3 Å². The number of hydrogen-bond donors (Lipinski definition) is 1. The van der Waals surface area contributed by atoms with Gasteiger partial charge in [0.2, 0.25) is 0 Å². The van der Waals surface area contributed by atoms with Crippen LogP contribution in [-0.4, -0.2) is 11.5 Å². The van der Waals surface area contributed by atoms with Crippen LogP contribution in [0.25, 0.3) is 0 Å². The number of pyridine rings is 1. The average molecular weight is 173 g/mol. The molecule has 1 aliphatic heterocycles. The maximum absolute atomic E-state index is 8.63. The highest BCUT2D eigenvalue weighted by Crippen LogP contribution is 2.21. The molecule has 0 bridgehead atoms. The number of hydrogen-bond acceptors (Lipinski definition) is 3. The molecule has 0 saturated heterocycles. The second-order valence-electron chi connectivity index (χ2n) is 3.17. The zero-order chi connectivity index (χ0) is 9.10. The van der Waals surface area contributed by atoms with E-state index in [9.17, 15) is 0 Å². The summed E-state index contributed by atoms with van der Waals surface area (Å²) in [5, 5.41) is 11.9. The molecule has 0 amide bonds. The van der Waals surface area contributed by atoms with Gasteiger partial charge in [-0.05, 0) is 24.6 Å². The van der Waals surface area contributed by atoms with Gasteiger partial charge >= 0.3 is 0 Å². The van der Waals surface area contributed by atoms with Crippen LogP contribution in [0.5, 0.6) is 0 Å². The molecule has 66 valence electrons. The van der Waals surface area contributed by atoms with Gasteiger partial charge in [-0.3, -0.25) is 4.98 Å². The van der Waals surface area contributed by atoms with Crippen LogP contribution in [0.3, 0.4) is 0 Å². The molecule has 0 saturated carbocycles. The highest BCUT2D eigenvalue weighted by molar-refractivity contribution is 5.26. The minimum absolute atomic E-state index is 0.134. The van der Waals surface area contributed by atoms with Crippen molar-refractivity contribution in [3.8, 4) is 6.07 Å². The number of aromatic nitrogens is 1. The molecule has 3 nitrogen and oxygen atoms in total. The Bertz CT molecular complexity index is 340. The molecule has 1 aromatic rings. The van der Waals surface area contributed by atoms with Gasteiger partial charge in [0.25, 0.3) is 0 Å². The van der Waals surface area contributed by atoms with E-state index in [1.807, 2.05) is 6.07 Å². The fraction of sp³-hybridized carbons (Fsp3) is 0.400. The molecular formula is C10H11N3. The second kappa shape index (κ2) is 3.55. The quantitative estimate of drug-likeness (QED) is 0.693. The maximum Gasteiger partial charge on any atom is 0.0642 e. The summed E-state index contributed by atoms with van der Waals surface area (Å²) in [5.74, 6) is 0. The molecule has 0 aromatic carbocycles. The van der Waals surface area contributed by atoms with Gasteiger partial charge in [-0.1, -0.05) is 6.07 Å². The van der Waals surface area contributed by atoms with Crippen molar-refractivity contribution in [2.45, 2.75) is 18.9 Å². The van der Waals surface area contributed by atoms with Gasteiger partial charge in [-0.15, -0.1) is 0 Å². The lowest BCUT2D eigenvalue weighted by atomic mass is 9.98. The van der Waals surface area contributed by atoms with E-state index >= 15 is 0 Å². The van der Waals surface area contributed by atoms with E-state index in [4.69, 9.17) is 5.26 Å².